The zero-order valence-corrected chi connectivity index (χ0v) is 31.6. The summed E-state index contributed by atoms with van der Waals surface area (Å²) < 4.78 is 0. The maximum Gasteiger partial charge on any atom is -0.0307 e. The standard InChI is InChI=1S/3C8H10.2C5H12.C4H10.2C2H6/c3*1-2-8-6-4-3-5-7-8;1-5(2,3)4;1-4-5(2)3;1-4(2)3;2*1-2/h3*3-7H,2H2,1H3;1-4H3;5H,4H2,1-3H3;4H,1-3H3;2*1-2H3. The SMILES string of the molecule is CC.CC.CC(C)(C)C.CC(C)C.CCC(C)C.CCc1ccccc1.CCc1ccccc1.CCc1ccccc1. The molecule has 0 aliphatic carbocycles. The van der Waals surface area contributed by atoms with Crippen LogP contribution in [0.1, 0.15) is 141 Å². The van der Waals surface area contributed by atoms with Gasteiger partial charge in [0.05, 0.1) is 0 Å². The van der Waals surface area contributed by atoms with Crippen molar-refractivity contribution >= 4 is 0 Å². The number of rotatable bonds is 4. The van der Waals surface area contributed by atoms with Gasteiger partial charge in [0.15, 0.2) is 0 Å². The van der Waals surface area contributed by atoms with Crippen LogP contribution >= 0.6 is 0 Å². The Morgan fingerprint density at radius 3 is 0.643 bits per heavy atom. The van der Waals surface area contributed by atoms with E-state index in [1.54, 1.807) is 0 Å². The number of hydrogen-bond acceptors (Lipinski definition) is 0. The lowest BCUT2D eigenvalue weighted by Crippen LogP contribution is -1.93. The Morgan fingerprint density at radius 1 is 0.429 bits per heavy atom. The summed E-state index contributed by atoms with van der Waals surface area (Å²) in [6.45, 7) is 36.4. The van der Waals surface area contributed by atoms with E-state index in [0.717, 1.165) is 31.1 Å². The smallest absolute Gasteiger partial charge is 0.0307 e. The zero-order valence-electron chi connectivity index (χ0n) is 31.6. The Labute approximate surface area is 267 Å². The van der Waals surface area contributed by atoms with Gasteiger partial charge < -0.3 is 0 Å². The number of aryl methyl sites for hydroxylation is 3. The molecule has 3 aromatic carbocycles. The van der Waals surface area contributed by atoms with Gasteiger partial charge in [0.25, 0.3) is 0 Å². The van der Waals surface area contributed by atoms with Crippen molar-refractivity contribution in [3.63, 3.8) is 0 Å². The van der Waals surface area contributed by atoms with Gasteiger partial charge in [-0.05, 0) is 53.2 Å². The zero-order chi connectivity index (χ0) is 33.8. The van der Waals surface area contributed by atoms with Crippen LogP contribution < -0.4 is 0 Å². The molecule has 0 spiro atoms. The average Bonchev–Trinajstić information content (AvgIpc) is 3.00. The first-order valence-corrected chi connectivity index (χ1v) is 16.9. The largest absolute Gasteiger partial charge is 0.0683 e. The van der Waals surface area contributed by atoms with Crippen LogP contribution in [-0.4, -0.2) is 0 Å². The van der Waals surface area contributed by atoms with Gasteiger partial charge in [-0.1, -0.05) is 215 Å². The molecule has 0 atom stereocenters. The summed E-state index contributed by atoms with van der Waals surface area (Å²) in [6.07, 6.45) is 4.72. The molecule has 0 bridgehead atoms. The highest BCUT2D eigenvalue weighted by atomic mass is 14.0. The predicted molar refractivity (Wildman–Crippen MR) is 201 cm³/mol. The Hall–Kier alpha value is -2.34. The van der Waals surface area contributed by atoms with Gasteiger partial charge in [0.2, 0.25) is 0 Å². The number of benzene rings is 3. The molecule has 0 saturated carbocycles. The van der Waals surface area contributed by atoms with E-state index in [1.807, 2.05) is 45.9 Å². The molecule has 244 valence electrons. The molecule has 0 aromatic heterocycles. The van der Waals surface area contributed by atoms with Crippen LogP contribution in [0.5, 0.6) is 0 Å². The van der Waals surface area contributed by atoms with Gasteiger partial charge in [-0.2, -0.15) is 0 Å². The van der Waals surface area contributed by atoms with Gasteiger partial charge in [-0.25, -0.2) is 0 Å². The van der Waals surface area contributed by atoms with Crippen molar-refractivity contribution in [3.05, 3.63) is 108 Å². The summed E-state index contributed by atoms with van der Waals surface area (Å²) >= 11 is 0. The molecule has 0 saturated heterocycles. The van der Waals surface area contributed by atoms with E-state index >= 15 is 0 Å². The van der Waals surface area contributed by atoms with E-state index in [-0.39, 0.29) is 0 Å². The highest BCUT2D eigenvalue weighted by molar-refractivity contribution is 5.15. The normalized spacial score (nSPS) is 8.93. The lowest BCUT2D eigenvalue weighted by molar-refractivity contribution is 0.469. The van der Waals surface area contributed by atoms with Crippen LogP contribution in [-0.2, 0) is 19.3 Å². The Balaban J connectivity index is -0.000000130. The molecule has 0 aliphatic heterocycles. The summed E-state index contributed by atoms with van der Waals surface area (Å²) in [7, 11) is 0. The highest BCUT2D eigenvalue weighted by Crippen LogP contribution is 2.08. The van der Waals surface area contributed by atoms with Crippen molar-refractivity contribution in [2.24, 2.45) is 17.3 Å². The van der Waals surface area contributed by atoms with Crippen LogP contribution in [0.3, 0.4) is 0 Å². The van der Waals surface area contributed by atoms with Crippen molar-refractivity contribution < 1.29 is 0 Å². The van der Waals surface area contributed by atoms with E-state index < -0.39 is 0 Å². The molecule has 0 fully saturated rings. The molecule has 3 aromatic rings. The van der Waals surface area contributed by atoms with Crippen molar-refractivity contribution in [2.75, 3.05) is 0 Å². The second-order valence-corrected chi connectivity index (χ2v) is 12.1. The molecule has 0 nitrogen and oxygen atoms in total. The average molecular weight is 581 g/mol. The second-order valence-electron chi connectivity index (χ2n) is 12.1. The molecular formula is C42H76. The van der Waals surface area contributed by atoms with Gasteiger partial charge in [0, 0.05) is 0 Å². The van der Waals surface area contributed by atoms with E-state index in [4.69, 9.17) is 0 Å². The van der Waals surface area contributed by atoms with Crippen molar-refractivity contribution in [2.45, 2.75) is 143 Å². The van der Waals surface area contributed by atoms with E-state index in [0.29, 0.717) is 5.41 Å². The molecule has 3 rings (SSSR count). The summed E-state index contributed by atoms with van der Waals surface area (Å²) in [4.78, 5) is 0. The van der Waals surface area contributed by atoms with Gasteiger partial charge in [0.1, 0.15) is 0 Å². The van der Waals surface area contributed by atoms with Crippen molar-refractivity contribution in [1.82, 2.24) is 0 Å². The third-order valence-electron chi connectivity index (χ3n) is 4.57. The maximum absolute atomic E-state index is 2.22. The number of hydrogen-bond donors (Lipinski definition) is 0. The Bertz CT molecular complexity index is 690. The Morgan fingerprint density at radius 2 is 0.571 bits per heavy atom. The molecule has 0 heterocycles. The molecule has 0 heteroatoms. The molecule has 0 radical (unpaired) electrons. The molecule has 42 heavy (non-hydrogen) atoms. The molecule has 0 unspecified atom stereocenters. The van der Waals surface area contributed by atoms with Gasteiger partial charge >= 0.3 is 0 Å². The minimum absolute atomic E-state index is 0.500. The fourth-order valence-electron chi connectivity index (χ4n) is 2.14. The summed E-state index contributed by atoms with van der Waals surface area (Å²) in [5, 5.41) is 0. The van der Waals surface area contributed by atoms with E-state index in [9.17, 15) is 0 Å². The molecular weight excluding hydrogens is 504 g/mol. The first-order chi connectivity index (χ1) is 19.8. The monoisotopic (exact) mass is 581 g/mol. The fraction of sp³-hybridized carbons (Fsp3) is 0.571. The molecule has 0 N–H and O–H groups in total. The van der Waals surface area contributed by atoms with Crippen LogP contribution in [0.15, 0.2) is 91.0 Å². The van der Waals surface area contributed by atoms with Crippen LogP contribution in [0.4, 0.5) is 0 Å². The third kappa shape index (κ3) is 57.5. The van der Waals surface area contributed by atoms with Gasteiger partial charge in [-0.3, -0.25) is 0 Å². The third-order valence-corrected chi connectivity index (χ3v) is 4.57. The van der Waals surface area contributed by atoms with E-state index in [2.05, 4.69) is 163 Å². The molecule has 0 amide bonds. The first kappa shape index (κ1) is 49.3. The topological polar surface area (TPSA) is 0 Å². The molecule has 0 aliphatic rings. The van der Waals surface area contributed by atoms with Crippen molar-refractivity contribution in [3.8, 4) is 0 Å². The quantitative estimate of drug-likeness (QED) is 0.288. The predicted octanol–water partition coefficient (Wildman–Crippen LogP) is 14.6. The Kier molecular flexibility index (Phi) is 45.4. The van der Waals surface area contributed by atoms with E-state index in [1.165, 1.54) is 23.1 Å². The van der Waals surface area contributed by atoms with Crippen LogP contribution in [0.2, 0.25) is 0 Å². The van der Waals surface area contributed by atoms with Gasteiger partial charge in [-0.15, -0.1) is 0 Å². The summed E-state index contributed by atoms with van der Waals surface area (Å²) in [5.41, 5.74) is 4.73. The minimum atomic E-state index is 0.500. The fourth-order valence-corrected chi connectivity index (χ4v) is 2.14. The lowest BCUT2D eigenvalue weighted by Gasteiger charge is -2.05. The summed E-state index contributed by atoms with van der Waals surface area (Å²) in [5.74, 6) is 1.72. The van der Waals surface area contributed by atoms with Crippen molar-refractivity contribution in [1.29, 1.82) is 0 Å². The first-order valence-electron chi connectivity index (χ1n) is 16.9. The maximum atomic E-state index is 2.22. The second kappa shape index (κ2) is 38.7. The van der Waals surface area contributed by atoms with Crippen LogP contribution in [0.25, 0.3) is 0 Å². The summed E-state index contributed by atoms with van der Waals surface area (Å²) in [6, 6.07) is 31.4. The minimum Gasteiger partial charge on any atom is -0.0683 e. The lowest BCUT2D eigenvalue weighted by atomic mass is 10.0. The highest BCUT2D eigenvalue weighted by Gasteiger charge is 1.95. The van der Waals surface area contributed by atoms with Crippen LogP contribution in [0, 0.1) is 17.3 Å².